The minimum atomic E-state index is -0.492. The summed E-state index contributed by atoms with van der Waals surface area (Å²) < 4.78 is 13.2. The number of amidine groups is 1. The van der Waals surface area contributed by atoms with Gasteiger partial charge in [0.25, 0.3) is 0 Å². The van der Waals surface area contributed by atoms with E-state index < -0.39 is 5.82 Å². The Hall–Kier alpha value is -3.41. The summed E-state index contributed by atoms with van der Waals surface area (Å²) in [5.41, 5.74) is 6.39. The van der Waals surface area contributed by atoms with Crippen LogP contribution < -0.4 is 21.3 Å². The van der Waals surface area contributed by atoms with E-state index in [2.05, 4.69) is 64.4 Å². The summed E-state index contributed by atoms with van der Waals surface area (Å²) in [5.74, 6) is 1.68. The molecule has 11 nitrogen and oxygen atoms in total. The lowest BCUT2D eigenvalue weighted by Crippen LogP contribution is -2.32. The van der Waals surface area contributed by atoms with Crippen molar-refractivity contribution in [1.82, 2.24) is 29.8 Å². The van der Waals surface area contributed by atoms with Crippen LogP contribution in [0, 0.1) is 5.82 Å². The molecule has 0 aromatic carbocycles. The Morgan fingerprint density at radius 1 is 1.28 bits per heavy atom. The Morgan fingerprint density at radius 2 is 1.97 bits per heavy atom. The third-order valence-corrected chi connectivity index (χ3v) is 5.02. The highest BCUT2D eigenvalue weighted by Crippen LogP contribution is 2.22. The molecule has 0 radical (unpaired) electrons. The first-order chi connectivity index (χ1) is 15.2. The number of anilines is 3. The first kappa shape index (κ1) is 23.3. The van der Waals surface area contributed by atoms with Gasteiger partial charge in [0, 0.05) is 31.9 Å². The topological polar surface area (TPSA) is 133 Å². The van der Waals surface area contributed by atoms with Gasteiger partial charge in [0.2, 0.25) is 17.8 Å². The van der Waals surface area contributed by atoms with Gasteiger partial charge in [-0.05, 0) is 40.4 Å². The van der Waals surface area contributed by atoms with E-state index in [0.29, 0.717) is 41.2 Å². The van der Waals surface area contributed by atoms with Crippen LogP contribution in [-0.4, -0.2) is 75.9 Å². The second-order valence-corrected chi connectivity index (χ2v) is 7.88. The second kappa shape index (κ2) is 10.3. The molecule has 4 N–H and O–H groups in total. The van der Waals surface area contributed by atoms with Crippen LogP contribution >= 0.6 is 0 Å². The molecule has 1 saturated heterocycles. The molecule has 3 rings (SSSR count). The van der Waals surface area contributed by atoms with Crippen LogP contribution in [-0.2, 0) is 0 Å². The van der Waals surface area contributed by atoms with Crippen molar-refractivity contribution in [3.05, 3.63) is 35.8 Å². The highest BCUT2D eigenvalue weighted by atomic mass is 19.1. The molecule has 172 valence electrons. The van der Waals surface area contributed by atoms with E-state index in [-0.39, 0.29) is 6.04 Å². The van der Waals surface area contributed by atoms with E-state index in [1.165, 1.54) is 0 Å². The normalized spacial score (nSPS) is 18.2. The summed E-state index contributed by atoms with van der Waals surface area (Å²) >= 11 is 0. The van der Waals surface area contributed by atoms with Gasteiger partial charge in [-0.1, -0.05) is 0 Å². The first-order valence-electron chi connectivity index (χ1n) is 10.3. The Kier molecular flexibility index (Phi) is 7.46. The molecule has 32 heavy (non-hydrogen) atoms. The first-order valence-corrected chi connectivity index (χ1v) is 10.3. The van der Waals surface area contributed by atoms with Crippen LogP contribution in [0.4, 0.5) is 22.2 Å². The van der Waals surface area contributed by atoms with Gasteiger partial charge in [0.05, 0.1) is 18.4 Å². The highest BCUT2D eigenvalue weighted by Gasteiger charge is 2.27. The Balaban J connectivity index is 1.89. The molecule has 0 spiro atoms. The van der Waals surface area contributed by atoms with Crippen LogP contribution in [0.25, 0.3) is 0 Å². The van der Waals surface area contributed by atoms with E-state index in [1.54, 1.807) is 20.0 Å². The van der Waals surface area contributed by atoms with Crippen LogP contribution in [0.1, 0.15) is 32.1 Å². The number of nitrogens with two attached hydrogens (primary N) is 1. The Bertz CT molecular complexity index is 970. The predicted molar refractivity (Wildman–Crippen MR) is 123 cm³/mol. The molecule has 1 aliphatic rings. The van der Waals surface area contributed by atoms with Gasteiger partial charge in [-0.25, -0.2) is 14.4 Å². The fourth-order valence-corrected chi connectivity index (χ4v) is 3.26. The zero-order valence-electron chi connectivity index (χ0n) is 19.0. The number of allylic oxidation sites excluding steroid dienone is 1. The predicted octanol–water partition coefficient (Wildman–Crippen LogP) is 1.42. The number of hydrogen-bond acceptors (Lipinski definition) is 10. The number of likely N-dealkylation sites (N-methyl/N-ethyl adjacent to an activating group) is 1. The molecule has 0 amide bonds. The molecule has 0 saturated carbocycles. The minimum Gasteiger partial charge on any atom is -0.402 e. The van der Waals surface area contributed by atoms with Gasteiger partial charge in [0.15, 0.2) is 5.82 Å². The Labute approximate surface area is 187 Å². The summed E-state index contributed by atoms with van der Waals surface area (Å²) in [6.45, 7) is 5.26. The van der Waals surface area contributed by atoms with Gasteiger partial charge in [0.1, 0.15) is 11.7 Å². The molecular weight excluding hydrogens is 413 g/mol. The van der Waals surface area contributed by atoms with E-state index in [0.717, 1.165) is 31.9 Å². The quantitative estimate of drug-likeness (QED) is 0.426. The molecule has 1 fully saturated rings. The van der Waals surface area contributed by atoms with Crippen molar-refractivity contribution in [2.24, 2.45) is 10.7 Å². The summed E-state index contributed by atoms with van der Waals surface area (Å²) in [6.07, 6.45) is 4.97. The molecule has 2 atom stereocenters. The van der Waals surface area contributed by atoms with Crippen molar-refractivity contribution < 1.29 is 4.39 Å². The summed E-state index contributed by atoms with van der Waals surface area (Å²) in [6, 6.07) is 0.0685. The molecule has 0 unspecified atom stereocenters. The number of rotatable bonds is 7. The average Bonchev–Trinajstić information content (AvgIpc) is 3.24. The fourth-order valence-electron chi connectivity index (χ4n) is 3.26. The zero-order valence-corrected chi connectivity index (χ0v) is 19.0. The summed E-state index contributed by atoms with van der Waals surface area (Å²) in [7, 11) is 5.79. The van der Waals surface area contributed by atoms with Crippen molar-refractivity contribution in [2.75, 3.05) is 49.8 Å². The van der Waals surface area contributed by atoms with E-state index in [4.69, 9.17) is 5.73 Å². The third kappa shape index (κ3) is 6.06. The minimum absolute atomic E-state index is 0.330. The fraction of sp³-hybridized carbons (Fsp3) is 0.500. The zero-order chi connectivity index (χ0) is 23.3. The lowest BCUT2D eigenvalue weighted by atomic mass is 10.2. The van der Waals surface area contributed by atoms with Crippen molar-refractivity contribution in [2.45, 2.75) is 32.4 Å². The van der Waals surface area contributed by atoms with E-state index in [1.807, 2.05) is 6.92 Å². The van der Waals surface area contributed by atoms with Gasteiger partial charge < -0.3 is 26.2 Å². The second-order valence-electron chi connectivity index (χ2n) is 7.88. The monoisotopic (exact) mass is 443 g/mol. The van der Waals surface area contributed by atoms with Crippen molar-refractivity contribution in [3.8, 4) is 0 Å². The smallest absolute Gasteiger partial charge is 0.234 e. The van der Waals surface area contributed by atoms with Gasteiger partial charge in [-0.3, -0.25) is 4.99 Å². The highest BCUT2D eigenvalue weighted by molar-refractivity contribution is 6.03. The van der Waals surface area contributed by atoms with E-state index in [9.17, 15) is 4.39 Å². The number of halogens is 1. The average molecular weight is 444 g/mol. The number of nitrogens with zero attached hydrogens (tertiary/aromatic N) is 8. The molecule has 0 bridgehead atoms. The van der Waals surface area contributed by atoms with Gasteiger partial charge >= 0.3 is 0 Å². The SMILES string of the molecule is CN=C(/C=C(/C)N)Nc1nc(N[C@@H](C)c2ncc(F)cn2)nc(N2CC[C@@H](N(C)C)C2)n1. The van der Waals surface area contributed by atoms with Crippen LogP contribution in [0.15, 0.2) is 29.2 Å². The lowest BCUT2D eigenvalue weighted by Gasteiger charge is -2.21. The third-order valence-electron chi connectivity index (χ3n) is 5.02. The molecule has 0 aliphatic carbocycles. The maximum absolute atomic E-state index is 13.2. The molecular formula is C20H30FN11. The lowest BCUT2D eigenvalue weighted by molar-refractivity contribution is 0.315. The van der Waals surface area contributed by atoms with Crippen molar-refractivity contribution >= 4 is 23.7 Å². The van der Waals surface area contributed by atoms with E-state index >= 15 is 0 Å². The van der Waals surface area contributed by atoms with Crippen molar-refractivity contribution in [1.29, 1.82) is 0 Å². The van der Waals surface area contributed by atoms with Gasteiger partial charge in [-0.15, -0.1) is 0 Å². The Morgan fingerprint density at radius 3 is 2.56 bits per heavy atom. The molecule has 1 aliphatic heterocycles. The standard InChI is InChI=1S/C20H30FN11/c1-12(22)8-16(23-3)27-19-28-18(26-13(2)17-24-9-14(21)10-25-17)29-20(30-19)32-7-6-15(11-32)31(4)5/h8-10,13,15H,6-7,11,22H2,1-5H3,(H2,23,26,27,28,29,30)/b12-8-/t13-,15+/m0/s1. The maximum atomic E-state index is 13.2. The van der Waals surface area contributed by atoms with Crippen LogP contribution in [0.2, 0.25) is 0 Å². The number of nitrogens with one attached hydrogen (secondary N) is 2. The molecule has 12 heteroatoms. The number of aliphatic imine (C=N–C) groups is 1. The van der Waals surface area contributed by atoms with Crippen molar-refractivity contribution in [3.63, 3.8) is 0 Å². The van der Waals surface area contributed by atoms with Gasteiger partial charge in [-0.2, -0.15) is 15.0 Å². The van der Waals surface area contributed by atoms with Crippen LogP contribution in [0.5, 0.6) is 0 Å². The molecule has 2 aromatic rings. The maximum Gasteiger partial charge on any atom is 0.234 e. The van der Waals surface area contributed by atoms with Crippen LogP contribution in [0.3, 0.4) is 0 Å². The summed E-state index contributed by atoms with van der Waals surface area (Å²) in [5, 5.41) is 6.27. The molecule has 2 aromatic heterocycles. The largest absolute Gasteiger partial charge is 0.402 e. The molecule has 3 heterocycles. The number of aromatic nitrogens is 5. The number of hydrogen-bond donors (Lipinski definition) is 3. The summed E-state index contributed by atoms with van der Waals surface area (Å²) in [4.78, 5) is 30.2.